The lowest BCUT2D eigenvalue weighted by atomic mass is 10.1. The van der Waals surface area contributed by atoms with Crippen LogP contribution in [-0.2, 0) is 4.79 Å². The molecular weight excluding hydrogens is 416 g/mol. The second-order valence-corrected chi connectivity index (χ2v) is 7.97. The van der Waals surface area contributed by atoms with Gasteiger partial charge < -0.3 is 14.4 Å². The Balaban J connectivity index is 1.42. The molecular formula is C27H28N2O4. The van der Waals surface area contributed by atoms with Crippen molar-refractivity contribution in [3.05, 3.63) is 90.5 Å². The quantitative estimate of drug-likeness (QED) is 0.542. The Morgan fingerprint density at radius 3 is 2.06 bits per heavy atom. The number of ether oxygens (including phenoxy) is 2. The first-order valence-electron chi connectivity index (χ1n) is 11.1. The molecule has 3 aromatic carbocycles. The predicted octanol–water partition coefficient (Wildman–Crippen LogP) is 4.41. The second-order valence-electron chi connectivity index (χ2n) is 7.97. The van der Waals surface area contributed by atoms with Crippen LogP contribution in [0, 0.1) is 0 Å². The summed E-state index contributed by atoms with van der Waals surface area (Å²) in [4.78, 5) is 29.8. The third kappa shape index (κ3) is 5.71. The van der Waals surface area contributed by atoms with Gasteiger partial charge in [-0.15, -0.1) is 0 Å². The number of methoxy groups -OCH3 is 1. The van der Waals surface area contributed by atoms with Gasteiger partial charge in [0.2, 0.25) is 5.91 Å². The minimum Gasteiger partial charge on any atom is -0.497 e. The molecule has 33 heavy (non-hydrogen) atoms. The molecule has 0 atom stereocenters. The van der Waals surface area contributed by atoms with E-state index in [0.29, 0.717) is 30.1 Å². The molecule has 2 amide bonds. The van der Waals surface area contributed by atoms with Gasteiger partial charge in [0.25, 0.3) is 5.91 Å². The highest BCUT2D eigenvalue weighted by Gasteiger charge is 2.27. The molecule has 0 bridgehead atoms. The van der Waals surface area contributed by atoms with E-state index < -0.39 is 0 Å². The highest BCUT2D eigenvalue weighted by molar-refractivity contribution is 6.08. The van der Waals surface area contributed by atoms with Crippen molar-refractivity contribution >= 4 is 17.5 Å². The third-order valence-corrected chi connectivity index (χ3v) is 5.78. The van der Waals surface area contributed by atoms with Crippen molar-refractivity contribution in [1.82, 2.24) is 4.90 Å². The summed E-state index contributed by atoms with van der Waals surface area (Å²) < 4.78 is 11.2. The summed E-state index contributed by atoms with van der Waals surface area (Å²) in [5, 5.41) is 0. The summed E-state index contributed by atoms with van der Waals surface area (Å²) in [6, 6.07) is 26.0. The minimum atomic E-state index is -0.223. The zero-order valence-corrected chi connectivity index (χ0v) is 18.7. The summed E-state index contributed by atoms with van der Waals surface area (Å²) in [7, 11) is 1.58. The molecule has 170 valence electrons. The zero-order chi connectivity index (χ0) is 23.0. The van der Waals surface area contributed by atoms with Crippen LogP contribution in [0.1, 0.15) is 23.2 Å². The van der Waals surface area contributed by atoms with Gasteiger partial charge in [-0.2, -0.15) is 0 Å². The number of rotatable bonds is 7. The van der Waals surface area contributed by atoms with Gasteiger partial charge in [-0.05, 0) is 48.5 Å². The van der Waals surface area contributed by atoms with Gasteiger partial charge in [0.05, 0.1) is 7.11 Å². The fourth-order valence-corrected chi connectivity index (χ4v) is 3.93. The Morgan fingerprint density at radius 1 is 0.848 bits per heavy atom. The van der Waals surface area contributed by atoms with Crippen molar-refractivity contribution < 1.29 is 19.1 Å². The molecule has 0 N–H and O–H groups in total. The van der Waals surface area contributed by atoms with E-state index >= 15 is 0 Å². The van der Waals surface area contributed by atoms with Gasteiger partial charge in [-0.3, -0.25) is 14.5 Å². The van der Waals surface area contributed by atoms with E-state index in [-0.39, 0.29) is 24.5 Å². The van der Waals surface area contributed by atoms with Crippen LogP contribution < -0.4 is 14.4 Å². The number of carbonyl (C=O) groups is 2. The summed E-state index contributed by atoms with van der Waals surface area (Å²) in [6.45, 7) is 1.20. The molecule has 0 aliphatic carbocycles. The van der Waals surface area contributed by atoms with Crippen LogP contribution in [0.25, 0.3) is 0 Å². The van der Waals surface area contributed by atoms with Crippen LogP contribution in [0.2, 0.25) is 0 Å². The van der Waals surface area contributed by atoms with E-state index in [1.165, 1.54) is 4.90 Å². The number of carbonyl (C=O) groups excluding carboxylic acids is 2. The number of nitrogens with zero attached hydrogens (tertiary/aromatic N) is 2. The number of benzene rings is 3. The smallest absolute Gasteiger partial charge is 0.258 e. The SMILES string of the molecule is COc1ccc(C(=O)N(CC(=O)N2CCC(Oc3ccccc3)CC2)c2ccccc2)cc1. The van der Waals surface area contributed by atoms with Gasteiger partial charge in [-0.1, -0.05) is 36.4 Å². The summed E-state index contributed by atoms with van der Waals surface area (Å²) in [6.07, 6.45) is 1.61. The number of amides is 2. The van der Waals surface area contributed by atoms with Crippen LogP contribution in [0.4, 0.5) is 5.69 Å². The maximum atomic E-state index is 13.3. The van der Waals surface area contributed by atoms with Crippen molar-refractivity contribution in [3.8, 4) is 11.5 Å². The molecule has 0 unspecified atom stereocenters. The molecule has 1 heterocycles. The van der Waals surface area contributed by atoms with E-state index in [9.17, 15) is 9.59 Å². The molecule has 1 aliphatic rings. The van der Waals surface area contributed by atoms with Crippen LogP contribution in [0.15, 0.2) is 84.9 Å². The van der Waals surface area contributed by atoms with Crippen molar-refractivity contribution in [2.24, 2.45) is 0 Å². The lowest BCUT2D eigenvalue weighted by molar-refractivity contribution is -0.131. The third-order valence-electron chi connectivity index (χ3n) is 5.78. The molecule has 4 rings (SSSR count). The molecule has 6 nitrogen and oxygen atoms in total. The number of likely N-dealkylation sites (tertiary alicyclic amines) is 1. The Hall–Kier alpha value is -3.80. The minimum absolute atomic E-state index is 0.0148. The maximum absolute atomic E-state index is 13.3. The summed E-state index contributed by atoms with van der Waals surface area (Å²) in [5.74, 6) is 1.23. The predicted molar refractivity (Wildman–Crippen MR) is 128 cm³/mol. The van der Waals surface area contributed by atoms with Crippen molar-refractivity contribution in [1.29, 1.82) is 0 Å². The van der Waals surface area contributed by atoms with Crippen molar-refractivity contribution in [3.63, 3.8) is 0 Å². The van der Waals surface area contributed by atoms with Crippen LogP contribution >= 0.6 is 0 Å². The molecule has 6 heteroatoms. The lowest BCUT2D eigenvalue weighted by Crippen LogP contribution is -2.47. The fraction of sp³-hybridized carbons (Fsp3) is 0.259. The van der Waals surface area contributed by atoms with Crippen LogP contribution in [0.5, 0.6) is 11.5 Å². The lowest BCUT2D eigenvalue weighted by Gasteiger charge is -2.33. The largest absolute Gasteiger partial charge is 0.497 e. The van der Waals surface area contributed by atoms with Crippen LogP contribution in [-0.4, -0.2) is 49.6 Å². The summed E-state index contributed by atoms with van der Waals surface area (Å²) in [5.41, 5.74) is 1.19. The average Bonchev–Trinajstić information content (AvgIpc) is 2.88. The van der Waals surface area contributed by atoms with Crippen molar-refractivity contribution in [2.45, 2.75) is 18.9 Å². The molecule has 3 aromatic rings. The number of anilines is 1. The monoisotopic (exact) mass is 444 g/mol. The normalized spacial score (nSPS) is 13.9. The molecule has 0 radical (unpaired) electrons. The molecule has 1 fully saturated rings. The van der Waals surface area contributed by atoms with Gasteiger partial charge in [0.1, 0.15) is 24.1 Å². The first kappa shape index (κ1) is 22.4. The van der Waals surface area contributed by atoms with E-state index in [1.54, 1.807) is 31.4 Å². The van der Waals surface area contributed by atoms with Crippen LogP contribution in [0.3, 0.4) is 0 Å². The first-order valence-corrected chi connectivity index (χ1v) is 11.1. The molecule has 1 aliphatic heterocycles. The van der Waals surface area contributed by atoms with E-state index in [4.69, 9.17) is 9.47 Å². The number of hydrogen-bond donors (Lipinski definition) is 0. The van der Waals surface area contributed by atoms with Gasteiger partial charge in [-0.25, -0.2) is 0 Å². The van der Waals surface area contributed by atoms with Gasteiger partial charge in [0, 0.05) is 37.2 Å². The number of hydrogen-bond acceptors (Lipinski definition) is 4. The first-order chi connectivity index (χ1) is 16.1. The Morgan fingerprint density at radius 2 is 1.45 bits per heavy atom. The van der Waals surface area contributed by atoms with Gasteiger partial charge >= 0.3 is 0 Å². The molecule has 1 saturated heterocycles. The maximum Gasteiger partial charge on any atom is 0.258 e. The Labute approximate surface area is 194 Å². The van der Waals surface area contributed by atoms with E-state index in [2.05, 4.69) is 0 Å². The zero-order valence-electron chi connectivity index (χ0n) is 18.7. The number of para-hydroxylation sites is 2. The topological polar surface area (TPSA) is 59.1 Å². The molecule has 0 spiro atoms. The molecule has 0 aromatic heterocycles. The number of piperidine rings is 1. The Kier molecular flexibility index (Phi) is 7.25. The summed E-state index contributed by atoms with van der Waals surface area (Å²) >= 11 is 0. The van der Waals surface area contributed by atoms with Crippen molar-refractivity contribution in [2.75, 3.05) is 31.6 Å². The average molecular weight is 445 g/mol. The highest BCUT2D eigenvalue weighted by atomic mass is 16.5. The fourth-order valence-electron chi connectivity index (χ4n) is 3.93. The standard InChI is InChI=1S/C27H28N2O4/c1-32-23-14-12-21(13-15-23)27(31)29(22-8-4-2-5-9-22)20-26(30)28-18-16-25(17-19-28)33-24-10-6-3-7-11-24/h2-15,25H,16-20H2,1H3. The second kappa shape index (κ2) is 10.7. The Bertz CT molecular complexity index is 1050. The highest BCUT2D eigenvalue weighted by Crippen LogP contribution is 2.22. The van der Waals surface area contributed by atoms with E-state index in [0.717, 1.165) is 18.6 Å². The van der Waals surface area contributed by atoms with E-state index in [1.807, 2.05) is 65.6 Å². The molecule has 0 saturated carbocycles. The van der Waals surface area contributed by atoms with Gasteiger partial charge in [0.15, 0.2) is 0 Å².